The fourth-order valence-corrected chi connectivity index (χ4v) is 0.855. The Morgan fingerprint density at radius 1 is 1.85 bits per heavy atom. The zero-order valence-electron chi connectivity index (χ0n) is 7.33. The number of carbonyl (C=O) groups excluding carboxylic acids is 1. The van der Waals surface area contributed by atoms with E-state index in [4.69, 9.17) is 10.8 Å². The van der Waals surface area contributed by atoms with Crippen LogP contribution in [-0.4, -0.2) is 17.4 Å². The molecule has 1 aromatic rings. The molecule has 1 aromatic heterocycles. The van der Waals surface area contributed by atoms with Crippen LogP contribution in [0.25, 0.3) is 0 Å². The summed E-state index contributed by atoms with van der Waals surface area (Å²) >= 11 is 0. The number of aryl methyl sites for hydroxylation is 1. The first-order valence-corrected chi connectivity index (χ1v) is 3.87. The first kappa shape index (κ1) is 9.33. The Hall–Kier alpha value is -1.76. The number of nitrogens with one attached hydrogen (secondary N) is 1. The SMILES string of the molecule is C#CCCNC(=O)c1ncoc1C. The smallest absolute Gasteiger partial charge is 0.273 e. The first-order chi connectivity index (χ1) is 6.25. The van der Waals surface area contributed by atoms with E-state index in [0.29, 0.717) is 24.4 Å². The number of carbonyl (C=O) groups is 1. The maximum absolute atomic E-state index is 11.3. The number of rotatable bonds is 3. The van der Waals surface area contributed by atoms with Gasteiger partial charge in [-0.05, 0) is 6.92 Å². The molecule has 1 amide bonds. The average Bonchev–Trinajstić information content (AvgIpc) is 2.52. The van der Waals surface area contributed by atoms with E-state index < -0.39 is 0 Å². The summed E-state index contributed by atoms with van der Waals surface area (Å²) in [6, 6.07) is 0. The van der Waals surface area contributed by atoms with E-state index in [2.05, 4.69) is 16.2 Å². The van der Waals surface area contributed by atoms with E-state index >= 15 is 0 Å². The van der Waals surface area contributed by atoms with Crippen LogP contribution in [-0.2, 0) is 0 Å². The molecule has 4 heteroatoms. The molecule has 0 saturated heterocycles. The van der Waals surface area contributed by atoms with Gasteiger partial charge in [-0.3, -0.25) is 4.79 Å². The van der Waals surface area contributed by atoms with Crippen LogP contribution in [0.4, 0.5) is 0 Å². The molecule has 13 heavy (non-hydrogen) atoms. The van der Waals surface area contributed by atoms with Crippen molar-refractivity contribution in [3.63, 3.8) is 0 Å². The second-order valence-electron chi connectivity index (χ2n) is 2.47. The molecule has 0 aromatic carbocycles. The lowest BCUT2D eigenvalue weighted by Crippen LogP contribution is -2.25. The van der Waals surface area contributed by atoms with Gasteiger partial charge >= 0.3 is 0 Å². The largest absolute Gasteiger partial charge is 0.448 e. The zero-order chi connectivity index (χ0) is 9.68. The van der Waals surface area contributed by atoms with Crippen LogP contribution in [0.15, 0.2) is 10.8 Å². The molecule has 0 fully saturated rings. The lowest BCUT2D eigenvalue weighted by Gasteiger charge is -1.99. The molecule has 1 heterocycles. The van der Waals surface area contributed by atoms with Crippen LogP contribution in [0.3, 0.4) is 0 Å². The molecule has 0 saturated carbocycles. The molecule has 0 spiro atoms. The van der Waals surface area contributed by atoms with Crippen LogP contribution in [0.2, 0.25) is 0 Å². The van der Waals surface area contributed by atoms with Gasteiger partial charge in [-0.25, -0.2) is 4.98 Å². The molecular weight excluding hydrogens is 168 g/mol. The van der Waals surface area contributed by atoms with Crippen molar-refractivity contribution in [1.29, 1.82) is 0 Å². The van der Waals surface area contributed by atoms with Crippen molar-refractivity contribution < 1.29 is 9.21 Å². The number of terminal acetylenes is 1. The van der Waals surface area contributed by atoms with Crippen LogP contribution >= 0.6 is 0 Å². The van der Waals surface area contributed by atoms with Crippen LogP contribution < -0.4 is 5.32 Å². The molecule has 0 radical (unpaired) electrons. The number of hydrogen-bond donors (Lipinski definition) is 1. The summed E-state index contributed by atoms with van der Waals surface area (Å²) in [6.07, 6.45) is 6.79. The van der Waals surface area contributed by atoms with Crippen molar-refractivity contribution >= 4 is 5.91 Å². The normalized spacial score (nSPS) is 9.23. The monoisotopic (exact) mass is 178 g/mol. The van der Waals surface area contributed by atoms with Crippen LogP contribution in [0, 0.1) is 19.3 Å². The number of hydrogen-bond acceptors (Lipinski definition) is 3. The molecule has 0 aliphatic heterocycles. The summed E-state index contributed by atoms with van der Waals surface area (Å²) in [5.41, 5.74) is 0.317. The zero-order valence-corrected chi connectivity index (χ0v) is 7.33. The molecule has 0 atom stereocenters. The fraction of sp³-hybridized carbons (Fsp3) is 0.333. The van der Waals surface area contributed by atoms with E-state index in [-0.39, 0.29) is 5.91 Å². The predicted octanol–water partition coefficient (Wildman–Crippen LogP) is 0.736. The third kappa shape index (κ3) is 2.34. The highest BCUT2D eigenvalue weighted by molar-refractivity contribution is 5.92. The first-order valence-electron chi connectivity index (χ1n) is 3.87. The highest BCUT2D eigenvalue weighted by Crippen LogP contribution is 2.03. The van der Waals surface area contributed by atoms with Gasteiger partial charge in [0.05, 0.1) is 0 Å². The Bertz CT molecular complexity index is 336. The summed E-state index contributed by atoms with van der Waals surface area (Å²) in [6.45, 7) is 2.14. The quantitative estimate of drug-likeness (QED) is 0.548. The second kappa shape index (κ2) is 4.31. The van der Waals surface area contributed by atoms with Crippen LogP contribution in [0.1, 0.15) is 22.7 Å². The Labute approximate surface area is 76.3 Å². The minimum atomic E-state index is -0.249. The molecule has 68 valence electrons. The van der Waals surface area contributed by atoms with Gasteiger partial charge in [0, 0.05) is 13.0 Å². The lowest BCUT2D eigenvalue weighted by molar-refractivity contribution is 0.0948. The number of amides is 1. The van der Waals surface area contributed by atoms with Crippen molar-refractivity contribution in [3.8, 4) is 12.3 Å². The molecule has 1 rings (SSSR count). The predicted molar refractivity (Wildman–Crippen MR) is 47.0 cm³/mol. The molecule has 0 aliphatic rings. The number of nitrogens with zero attached hydrogens (tertiary/aromatic N) is 1. The van der Waals surface area contributed by atoms with Gasteiger partial charge in [-0.2, -0.15) is 0 Å². The van der Waals surface area contributed by atoms with Crippen molar-refractivity contribution in [3.05, 3.63) is 17.8 Å². The molecule has 1 N–H and O–H groups in total. The highest BCUT2D eigenvalue weighted by Gasteiger charge is 2.11. The molecule has 4 nitrogen and oxygen atoms in total. The van der Waals surface area contributed by atoms with Gasteiger partial charge in [0.2, 0.25) is 0 Å². The fourth-order valence-electron chi connectivity index (χ4n) is 0.855. The summed E-state index contributed by atoms with van der Waals surface area (Å²) in [5, 5.41) is 2.62. The molecule has 0 bridgehead atoms. The van der Waals surface area contributed by atoms with Crippen molar-refractivity contribution in [2.24, 2.45) is 0 Å². The maximum atomic E-state index is 11.3. The third-order valence-corrected chi connectivity index (χ3v) is 1.51. The van der Waals surface area contributed by atoms with E-state index in [0.717, 1.165) is 0 Å². The van der Waals surface area contributed by atoms with Gasteiger partial charge in [-0.15, -0.1) is 12.3 Å². The average molecular weight is 178 g/mol. The topological polar surface area (TPSA) is 55.1 Å². The van der Waals surface area contributed by atoms with Gasteiger partial charge in [0.25, 0.3) is 5.91 Å². The Balaban J connectivity index is 2.50. The summed E-state index contributed by atoms with van der Waals surface area (Å²) < 4.78 is 4.88. The van der Waals surface area contributed by atoms with Crippen molar-refractivity contribution in [2.75, 3.05) is 6.54 Å². The molecule has 0 aliphatic carbocycles. The summed E-state index contributed by atoms with van der Waals surface area (Å²) in [7, 11) is 0. The van der Waals surface area contributed by atoms with E-state index in [1.54, 1.807) is 6.92 Å². The Morgan fingerprint density at radius 2 is 2.62 bits per heavy atom. The van der Waals surface area contributed by atoms with Crippen molar-refractivity contribution in [2.45, 2.75) is 13.3 Å². The standard InChI is InChI=1S/C9H10N2O2/c1-3-4-5-10-9(12)8-7(2)13-6-11-8/h1,6H,4-5H2,2H3,(H,10,12). The van der Waals surface area contributed by atoms with Gasteiger partial charge in [0.1, 0.15) is 5.76 Å². The Morgan fingerprint density at radius 3 is 3.15 bits per heavy atom. The maximum Gasteiger partial charge on any atom is 0.273 e. The highest BCUT2D eigenvalue weighted by atomic mass is 16.3. The van der Waals surface area contributed by atoms with Gasteiger partial charge in [0.15, 0.2) is 12.1 Å². The van der Waals surface area contributed by atoms with E-state index in [1.807, 2.05) is 0 Å². The molecular formula is C9H10N2O2. The summed E-state index contributed by atoms with van der Waals surface area (Å²) in [5.74, 6) is 2.69. The second-order valence-corrected chi connectivity index (χ2v) is 2.47. The van der Waals surface area contributed by atoms with E-state index in [9.17, 15) is 4.79 Å². The van der Waals surface area contributed by atoms with E-state index in [1.165, 1.54) is 6.39 Å². The Kier molecular flexibility index (Phi) is 3.09. The number of oxazole rings is 1. The van der Waals surface area contributed by atoms with Crippen molar-refractivity contribution in [1.82, 2.24) is 10.3 Å². The third-order valence-electron chi connectivity index (χ3n) is 1.51. The van der Waals surface area contributed by atoms with Gasteiger partial charge < -0.3 is 9.73 Å². The van der Waals surface area contributed by atoms with Crippen LogP contribution in [0.5, 0.6) is 0 Å². The lowest BCUT2D eigenvalue weighted by atomic mass is 10.3. The molecule has 0 unspecified atom stereocenters. The summed E-state index contributed by atoms with van der Waals surface area (Å²) in [4.78, 5) is 15.1. The van der Waals surface area contributed by atoms with Gasteiger partial charge in [-0.1, -0.05) is 0 Å². The number of aromatic nitrogens is 1. The minimum absolute atomic E-state index is 0.249. The minimum Gasteiger partial charge on any atom is -0.448 e.